The number of aromatic nitrogens is 3. The molecule has 0 saturated carbocycles. The molecule has 3 heterocycles. The highest BCUT2D eigenvalue weighted by molar-refractivity contribution is 8.00. The Morgan fingerprint density at radius 1 is 1.31 bits per heavy atom. The molecule has 154 valence electrons. The van der Waals surface area contributed by atoms with Gasteiger partial charge in [0.15, 0.2) is 5.16 Å². The summed E-state index contributed by atoms with van der Waals surface area (Å²) < 4.78 is 6.65. The van der Waals surface area contributed by atoms with Crippen molar-refractivity contribution in [1.82, 2.24) is 19.7 Å². The van der Waals surface area contributed by atoms with Gasteiger partial charge in [0.25, 0.3) is 5.91 Å². The van der Waals surface area contributed by atoms with E-state index in [4.69, 9.17) is 4.74 Å². The van der Waals surface area contributed by atoms with Crippen LogP contribution in [0.3, 0.4) is 0 Å². The molecule has 0 N–H and O–H groups in total. The quantitative estimate of drug-likeness (QED) is 0.696. The fraction of sp³-hybridized carbons (Fsp3) is 0.524. The van der Waals surface area contributed by atoms with Gasteiger partial charge in [0.2, 0.25) is 0 Å². The Hall–Kier alpha value is -2.19. The number of benzene rings is 1. The monoisotopic (exact) mass is 414 g/mol. The van der Waals surface area contributed by atoms with E-state index in [1.54, 1.807) is 6.92 Å². The lowest BCUT2D eigenvalue weighted by molar-refractivity contribution is -0.149. The summed E-state index contributed by atoms with van der Waals surface area (Å²) in [7, 11) is 0. The van der Waals surface area contributed by atoms with Gasteiger partial charge in [-0.15, -0.1) is 5.10 Å². The highest BCUT2D eigenvalue weighted by atomic mass is 32.2. The third kappa shape index (κ3) is 3.96. The van der Waals surface area contributed by atoms with Crippen LogP contribution in [0.2, 0.25) is 0 Å². The molecule has 0 amide bonds. The molecule has 0 radical (unpaired) electrons. The van der Waals surface area contributed by atoms with Crippen molar-refractivity contribution in [3.05, 3.63) is 41.2 Å². The first kappa shape index (κ1) is 20.1. The van der Waals surface area contributed by atoms with Gasteiger partial charge in [-0.25, -0.2) is 4.98 Å². The second-order valence-electron chi connectivity index (χ2n) is 7.65. The predicted octanol–water partition coefficient (Wildman–Crippen LogP) is 3.03. The van der Waals surface area contributed by atoms with Gasteiger partial charge in [0, 0.05) is 0 Å². The zero-order chi connectivity index (χ0) is 20.5. The standard InChI is InChI=1S/C21H26N4O3S/c1-4-28-20(27)15-8-10-24(11-9-15)17(16-7-5-6-13(2)12-16)18-19(26)25-21(29-18)22-14(3)23-25/h5-7,12,15,17-18H,4,8-11H2,1-3H3. The summed E-state index contributed by atoms with van der Waals surface area (Å²) in [4.78, 5) is 32.0. The summed E-state index contributed by atoms with van der Waals surface area (Å²) in [5.41, 5.74) is 2.28. The van der Waals surface area contributed by atoms with E-state index in [9.17, 15) is 9.59 Å². The molecule has 7 nitrogen and oxygen atoms in total. The van der Waals surface area contributed by atoms with Crippen molar-refractivity contribution in [2.45, 2.75) is 50.1 Å². The Balaban J connectivity index is 1.59. The summed E-state index contributed by atoms with van der Waals surface area (Å²) >= 11 is 1.49. The number of hydrogen-bond donors (Lipinski definition) is 0. The number of esters is 1. The second-order valence-corrected chi connectivity index (χ2v) is 8.76. The van der Waals surface area contributed by atoms with Gasteiger partial charge in [-0.2, -0.15) is 4.68 Å². The van der Waals surface area contributed by atoms with Gasteiger partial charge in [-0.1, -0.05) is 41.6 Å². The van der Waals surface area contributed by atoms with Crippen molar-refractivity contribution in [3.8, 4) is 0 Å². The van der Waals surface area contributed by atoms with E-state index in [0.29, 0.717) is 17.6 Å². The van der Waals surface area contributed by atoms with Crippen LogP contribution >= 0.6 is 11.8 Å². The number of nitrogens with zero attached hydrogens (tertiary/aromatic N) is 4. The molecular weight excluding hydrogens is 388 g/mol. The molecular formula is C21H26N4O3S. The number of aryl methyl sites for hydroxylation is 2. The van der Waals surface area contributed by atoms with E-state index in [1.807, 2.05) is 13.0 Å². The van der Waals surface area contributed by atoms with E-state index in [0.717, 1.165) is 37.1 Å². The van der Waals surface area contributed by atoms with Gasteiger partial charge in [0.05, 0.1) is 18.6 Å². The summed E-state index contributed by atoms with van der Waals surface area (Å²) in [6, 6.07) is 8.25. The molecule has 0 aliphatic carbocycles. The molecule has 1 aromatic heterocycles. The van der Waals surface area contributed by atoms with Crippen LogP contribution in [0.15, 0.2) is 29.4 Å². The first-order valence-electron chi connectivity index (χ1n) is 10.1. The zero-order valence-corrected chi connectivity index (χ0v) is 17.8. The molecule has 4 rings (SSSR count). The fourth-order valence-electron chi connectivity index (χ4n) is 4.20. The maximum atomic E-state index is 13.1. The minimum atomic E-state index is -0.299. The predicted molar refractivity (Wildman–Crippen MR) is 110 cm³/mol. The third-order valence-electron chi connectivity index (χ3n) is 5.58. The van der Waals surface area contributed by atoms with Crippen LogP contribution in [-0.4, -0.2) is 56.5 Å². The van der Waals surface area contributed by atoms with Crippen LogP contribution < -0.4 is 0 Å². The highest BCUT2D eigenvalue weighted by Crippen LogP contribution is 2.42. The molecule has 1 saturated heterocycles. The van der Waals surface area contributed by atoms with Crippen LogP contribution in [-0.2, 0) is 9.53 Å². The first-order chi connectivity index (χ1) is 14.0. The van der Waals surface area contributed by atoms with E-state index >= 15 is 0 Å². The van der Waals surface area contributed by atoms with Crippen molar-refractivity contribution >= 4 is 23.6 Å². The van der Waals surface area contributed by atoms with Gasteiger partial charge in [0.1, 0.15) is 11.1 Å². The first-order valence-corrected chi connectivity index (χ1v) is 11.0. The summed E-state index contributed by atoms with van der Waals surface area (Å²) in [5.74, 6) is 0.424. The lowest BCUT2D eigenvalue weighted by Gasteiger charge is -2.39. The summed E-state index contributed by atoms with van der Waals surface area (Å²) in [6.45, 7) is 7.61. The number of fused-ring (bicyclic) bond motifs is 1. The Bertz CT molecular complexity index is 920. The molecule has 2 unspecified atom stereocenters. The van der Waals surface area contributed by atoms with Gasteiger partial charge < -0.3 is 4.74 Å². The number of rotatable bonds is 5. The van der Waals surface area contributed by atoms with Crippen LogP contribution in [0.5, 0.6) is 0 Å². The van der Waals surface area contributed by atoms with Gasteiger partial charge >= 0.3 is 5.97 Å². The van der Waals surface area contributed by atoms with Crippen LogP contribution in [0.1, 0.15) is 47.6 Å². The van der Waals surface area contributed by atoms with Crippen molar-refractivity contribution in [2.24, 2.45) is 5.92 Å². The van der Waals surface area contributed by atoms with E-state index in [2.05, 4.69) is 40.1 Å². The average Bonchev–Trinajstić information content (AvgIpc) is 3.20. The van der Waals surface area contributed by atoms with E-state index < -0.39 is 0 Å². The van der Waals surface area contributed by atoms with Crippen LogP contribution in [0.4, 0.5) is 0 Å². The van der Waals surface area contributed by atoms with Crippen molar-refractivity contribution in [3.63, 3.8) is 0 Å². The van der Waals surface area contributed by atoms with Crippen molar-refractivity contribution in [1.29, 1.82) is 0 Å². The van der Waals surface area contributed by atoms with Crippen molar-refractivity contribution < 1.29 is 14.3 Å². The minimum absolute atomic E-state index is 0.0235. The van der Waals surface area contributed by atoms with Gasteiger partial charge in [-0.05, 0) is 52.3 Å². The highest BCUT2D eigenvalue weighted by Gasteiger charge is 2.44. The fourth-order valence-corrected chi connectivity index (χ4v) is 5.51. The maximum Gasteiger partial charge on any atom is 0.309 e. The van der Waals surface area contributed by atoms with Gasteiger partial charge in [-0.3, -0.25) is 14.5 Å². The van der Waals surface area contributed by atoms with Crippen molar-refractivity contribution in [2.75, 3.05) is 19.7 Å². The number of thioether (sulfide) groups is 1. The summed E-state index contributed by atoms with van der Waals surface area (Å²) in [6.07, 6.45) is 1.49. The molecule has 1 aromatic carbocycles. The smallest absolute Gasteiger partial charge is 0.309 e. The number of hydrogen-bond acceptors (Lipinski definition) is 7. The molecule has 8 heteroatoms. The Morgan fingerprint density at radius 3 is 2.72 bits per heavy atom. The Labute approximate surface area is 174 Å². The van der Waals surface area contributed by atoms with Crippen LogP contribution in [0.25, 0.3) is 0 Å². The number of piperidine rings is 1. The lowest BCUT2D eigenvalue weighted by atomic mass is 9.92. The second kappa shape index (κ2) is 8.28. The molecule has 2 atom stereocenters. The number of carbonyl (C=O) groups excluding carboxylic acids is 2. The largest absolute Gasteiger partial charge is 0.466 e. The number of likely N-dealkylation sites (tertiary alicyclic amines) is 1. The molecule has 2 aliphatic rings. The minimum Gasteiger partial charge on any atom is -0.466 e. The Morgan fingerprint density at radius 2 is 2.07 bits per heavy atom. The molecule has 0 bridgehead atoms. The van der Waals surface area contributed by atoms with E-state index in [1.165, 1.54) is 16.4 Å². The topological polar surface area (TPSA) is 77.3 Å². The van der Waals surface area contributed by atoms with E-state index in [-0.39, 0.29) is 29.1 Å². The zero-order valence-electron chi connectivity index (χ0n) is 17.0. The molecule has 2 aliphatic heterocycles. The number of ether oxygens (including phenoxy) is 1. The summed E-state index contributed by atoms with van der Waals surface area (Å²) in [5, 5.41) is 4.64. The molecule has 2 aromatic rings. The molecule has 0 spiro atoms. The third-order valence-corrected chi connectivity index (χ3v) is 6.77. The SMILES string of the molecule is CCOC(=O)C1CCN(C(c2cccc(C)c2)C2Sc3nc(C)nn3C2=O)CC1. The Kier molecular flexibility index (Phi) is 5.74. The maximum absolute atomic E-state index is 13.1. The molecule has 29 heavy (non-hydrogen) atoms. The number of carbonyl (C=O) groups is 2. The average molecular weight is 415 g/mol. The lowest BCUT2D eigenvalue weighted by Crippen LogP contribution is -2.44. The normalized spacial score (nSPS) is 21.2. The molecule has 1 fully saturated rings. The van der Waals surface area contributed by atoms with Crippen LogP contribution in [0, 0.1) is 19.8 Å².